The van der Waals surface area contributed by atoms with Crippen molar-refractivity contribution in [1.29, 1.82) is 0 Å². The molecule has 0 aromatic carbocycles. The highest BCUT2D eigenvalue weighted by Gasteiger charge is 2.37. The van der Waals surface area contributed by atoms with Gasteiger partial charge in [0.15, 0.2) is 0 Å². The van der Waals surface area contributed by atoms with Crippen molar-refractivity contribution < 1.29 is 9.90 Å². The van der Waals surface area contributed by atoms with E-state index in [1.165, 1.54) is 31.4 Å². The lowest BCUT2D eigenvalue weighted by atomic mass is 9.72. The van der Waals surface area contributed by atoms with Crippen LogP contribution in [0.25, 0.3) is 0 Å². The van der Waals surface area contributed by atoms with Gasteiger partial charge in [-0.3, -0.25) is 4.79 Å². The zero-order valence-corrected chi connectivity index (χ0v) is 8.55. The standard InChI is InChI=1S/C10H16O2S/c11-10(12)6-8(7-2-1-3-7)9-4-5-13-9/h7-9H,1-6H2,(H,11,12). The predicted molar refractivity (Wildman–Crippen MR) is 53.9 cm³/mol. The van der Waals surface area contributed by atoms with E-state index in [4.69, 9.17) is 5.11 Å². The van der Waals surface area contributed by atoms with Crippen LogP contribution in [-0.4, -0.2) is 22.1 Å². The van der Waals surface area contributed by atoms with Crippen molar-refractivity contribution in [3.8, 4) is 0 Å². The first-order valence-corrected chi connectivity index (χ1v) is 6.15. The first kappa shape index (κ1) is 9.38. The van der Waals surface area contributed by atoms with Crippen molar-refractivity contribution in [2.24, 2.45) is 11.8 Å². The van der Waals surface area contributed by atoms with Gasteiger partial charge in [0.2, 0.25) is 0 Å². The summed E-state index contributed by atoms with van der Waals surface area (Å²) in [6.45, 7) is 0. The van der Waals surface area contributed by atoms with E-state index >= 15 is 0 Å². The van der Waals surface area contributed by atoms with E-state index in [0.29, 0.717) is 17.6 Å². The van der Waals surface area contributed by atoms with Gasteiger partial charge in [-0.2, -0.15) is 11.8 Å². The molecule has 0 amide bonds. The summed E-state index contributed by atoms with van der Waals surface area (Å²) in [6, 6.07) is 0. The molecule has 0 aromatic rings. The van der Waals surface area contributed by atoms with Crippen LogP contribution in [-0.2, 0) is 4.79 Å². The fraction of sp³-hybridized carbons (Fsp3) is 0.900. The molecular formula is C10H16O2S. The molecule has 1 N–H and O–H groups in total. The molecule has 1 aliphatic carbocycles. The van der Waals surface area contributed by atoms with E-state index < -0.39 is 5.97 Å². The van der Waals surface area contributed by atoms with Crippen LogP contribution in [0.1, 0.15) is 32.1 Å². The Morgan fingerprint density at radius 2 is 2.15 bits per heavy atom. The lowest BCUT2D eigenvalue weighted by molar-refractivity contribution is -0.138. The summed E-state index contributed by atoms with van der Waals surface area (Å²) in [4.78, 5) is 10.7. The Morgan fingerprint density at radius 3 is 2.46 bits per heavy atom. The van der Waals surface area contributed by atoms with Crippen LogP contribution in [0.15, 0.2) is 0 Å². The number of carboxylic acid groups (broad SMARTS) is 1. The smallest absolute Gasteiger partial charge is 0.303 e. The number of rotatable bonds is 4. The minimum absolute atomic E-state index is 0.405. The third-order valence-electron chi connectivity index (χ3n) is 3.38. The van der Waals surface area contributed by atoms with Gasteiger partial charge in [-0.15, -0.1) is 0 Å². The second-order valence-electron chi connectivity index (χ2n) is 4.15. The summed E-state index contributed by atoms with van der Waals surface area (Å²) < 4.78 is 0. The topological polar surface area (TPSA) is 37.3 Å². The monoisotopic (exact) mass is 200 g/mol. The van der Waals surface area contributed by atoms with Gasteiger partial charge < -0.3 is 5.11 Å². The van der Waals surface area contributed by atoms with Gasteiger partial charge in [-0.05, 0) is 24.0 Å². The number of carboxylic acids is 1. The van der Waals surface area contributed by atoms with Gasteiger partial charge in [0.05, 0.1) is 0 Å². The maximum Gasteiger partial charge on any atom is 0.303 e. The summed E-state index contributed by atoms with van der Waals surface area (Å²) in [5.41, 5.74) is 0. The minimum atomic E-state index is -0.607. The van der Waals surface area contributed by atoms with Crippen LogP contribution in [0.4, 0.5) is 0 Å². The SMILES string of the molecule is O=C(O)CC(C1CCC1)C1CCS1. The molecular weight excluding hydrogens is 184 g/mol. The fourth-order valence-corrected chi connectivity index (χ4v) is 3.34. The highest BCUT2D eigenvalue weighted by atomic mass is 32.2. The summed E-state index contributed by atoms with van der Waals surface area (Å²) in [6.07, 6.45) is 5.52. The van der Waals surface area contributed by atoms with Gasteiger partial charge in [-0.1, -0.05) is 19.3 Å². The van der Waals surface area contributed by atoms with Crippen molar-refractivity contribution in [3.05, 3.63) is 0 Å². The summed E-state index contributed by atoms with van der Waals surface area (Å²) >= 11 is 1.97. The van der Waals surface area contributed by atoms with E-state index in [2.05, 4.69) is 0 Å². The van der Waals surface area contributed by atoms with E-state index in [-0.39, 0.29) is 0 Å². The minimum Gasteiger partial charge on any atom is -0.481 e. The first-order valence-electron chi connectivity index (χ1n) is 5.11. The zero-order valence-electron chi connectivity index (χ0n) is 7.74. The molecule has 13 heavy (non-hydrogen) atoms. The van der Waals surface area contributed by atoms with Crippen molar-refractivity contribution in [1.82, 2.24) is 0 Å². The highest BCUT2D eigenvalue weighted by molar-refractivity contribution is 8.01. The van der Waals surface area contributed by atoms with E-state index in [9.17, 15) is 4.79 Å². The maximum atomic E-state index is 10.7. The van der Waals surface area contributed by atoms with Crippen molar-refractivity contribution in [3.63, 3.8) is 0 Å². The molecule has 1 heterocycles. The number of hydrogen-bond acceptors (Lipinski definition) is 2. The van der Waals surface area contributed by atoms with Crippen LogP contribution < -0.4 is 0 Å². The zero-order chi connectivity index (χ0) is 9.26. The Bertz CT molecular complexity index is 183. The van der Waals surface area contributed by atoms with E-state index in [1.807, 2.05) is 11.8 Å². The Labute approximate surface area is 83.1 Å². The molecule has 2 fully saturated rings. The third kappa shape index (κ3) is 2.01. The lowest BCUT2D eigenvalue weighted by Gasteiger charge is -2.41. The molecule has 2 rings (SSSR count). The number of carbonyl (C=O) groups is 1. The second-order valence-corrected chi connectivity index (χ2v) is 5.50. The Balaban J connectivity index is 1.88. The van der Waals surface area contributed by atoms with Crippen LogP contribution in [0.3, 0.4) is 0 Å². The van der Waals surface area contributed by atoms with Crippen LogP contribution in [0.5, 0.6) is 0 Å². The van der Waals surface area contributed by atoms with Crippen LogP contribution in [0.2, 0.25) is 0 Å². The number of aliphatic carboxylic acids is 1. The highest BCUT2D eigenvalue weighted by Crippen LogP contribution is 2.45. The number of thioether (sulfide) groups is 1. The van der Waals surface area contributed by atoms with E-state index in [0.717, 1.165) is 5.92 Å². The fourth-order valence-electron chi connectivity index (χ4n) is 2.26. The van der Waals surface area contributed by atoms with Crippen molar-refractivity contribution in [2.75, 3.05) is 5.75 Å². The van der Waals surface area contributed by atoms with Gasteiger partial charge >= 0.3 is 5.97 Å². The van der Waals surface area contributed by atoms with Gasteiger partial charge in [0.25, 0.3) is 0 Å². The average molecular weight is 200 g/mol. The molecule has 1 saturated heterocycles. The molecule has 74 valence electrons. The maximum absolute atomic E-state index is 10.7. The molecule has 0 bridgehead atoms. The molecule has 3 heteroatoms. The van der Waals surface area contributed by atoms with Gasteiger partial charge in [0, 0.05) is 11.7 Å². The summed E-state index contributed by atoms with van der Waals surface area (Å²) in [5.74, 6) is 1.84. The number of hydrogen-bond donors (Lipinski definition) is 1. The predicted octanol–water partition coefficient (Wildman–Crippen LogP) is 2.38. The average Bonchev–Trinajstić information content (AvgIpc) is 1.75. The molecule has 0 radical (unpaired) electrons. The Hall–Kier alpha value is -0.180. The Kier molecular flexibility index (Phi) is 2.82. The quantitative estimate of drug-likeness (QED) is 0.757. The second kappa shape index (κ2) is 3.91. The van der Waals surface area contributed by atoms with Crippen LogP contribution in [0, 0.1) is 11.8 Å². The molecule has 2 atom stereocenters. The molecule has 0 aromatic heterocycles. The molecule has 2 aliphatic rings. The Morgan fingerprint density at radius 1 is 1.46 bits per heavy atom. The van der Waals surface area contributed by atoms with Gasteiger partial charge in [0.1, 0.15) is 0 Å². The molecule has 1 saturated carbocycles. The summed E-state index contributed by atoms with van der Waals surface area (Å²) in [7, 11) is 0. The normalized spacial score (nSPS) is 30.3. The molecule has 0 spiro atoms. The largest absolute Gasteiger partial charge is 0.481 e. The van der Waals surface area contributed by atoms with Crippen LogP contribution >= 0.6 is 11.8 Å². The third-order valence-corrected chi connectivity index (χ3v) is 4.86. The molecule has 2 nitrogen and oxygen atoms in total. The van der Waals surface area contributed by atoms with E-state index in [1.54, 1.807) is 0 Å². The summed E-state index contributed by atoms with van der Waals surface area (Å²) in [5, 5.41) is 9.48. The molecule has 2 unspecified atom stereocenters. The van der Waals surface area contributed by atoms with Crippen molar-refractivity contribution >= 4 is 17.7 Å². The van der Waals surface area contributed by atoms with Crippen molar-refractivity contribution in [2.45, 2.75) is 37.4 Å². The van der Waals surface area contributed by atoms with Gasteiger partial charge in [-0.25, -0.2) is 0 Å². The first-order chi connectivity index (χ1) is 6.27. The lowest BCUT2D eigenvalue weighted by Crippen LogP contribution is -2.36. The molecule has 1 aliphatic heterocycles.